The lowest BCUT2D eigenvalue weighted by molar-refractivity contribution is -0.132. The monoisotopic (exact) mass is 338 g/mol. The van der Waals surface area contributed by atoms with E-state index in [1.807, 2.05) is 13.1 Å². The number of likely N-dealkylation sites (tertiary alicyclic amines) is 1. The molecule has 0 spiro atoms. The Bertz CT molecular complexity index is 517. The lowest BCUT2D eigenvalue weighted by atomic mass is 10.2. The second-order valence-electron chi connectivity index (χ2n) is 5.57. The van der Waals surface area contributed by atoms with Crippen LogP contribution in [-0.4, -0.2) is 36.5 Å². The second-order valence-corrected chi connectivity index (χ2v) is 6.43. The van der Waals surface area contributed by atoms with E-state index in [9.17, 15) is 4.79 Å². The molecule has 0 aromatic heterocycles. The van der Waals surface area contributed by atoms with Crippen molar-refractivity contribution in [1.82, 2.24) is 10.2 Å². The van der Waals surface area contributed by atoms with Crippen molar-refractivity contribution in [3.63, 3.8) is 0 Å². The Morgan fingerprint density at radius 3 is 2.80 bits per heavy atom. The molecule has 1 saturated heterocycles. The smallest absolute Gasteiger partial charge is 0.263 e. The van der Waals surface area contributed by atoms with Crippen molar-refractivity contribution in [2.45, 2.75) is 38.0 Å². The van der Waals surface area contributed by atoms with E-state index in [2.05, 4.69) is 33.4 Å². The molecule has 1 aromatic rings. The molecule has 5 heteroatoms. The average Bonchev–Trinajstić information content (AvgIpc) is 3.21. The van der Waals surface area contributed by atoms with Gasteiger partial charge in [0, 0.05) is 32.6 Å². The van der Waals surface area contributed by atoms with Crippen LogP contribution in [0.3, 0.4) is 0 Å². The fraction of sp³-hybridized carbons (Fsp3) is 0.533. The van der Waals surface area contributed by atoms with Gasteiger partial charge in [0.2, 0.25) is 0 Å². The van der Waals surface area contributed by atoms with Gasteiger partial charge in [-0.3, -0.25) is 4.79 Å². The number of amides is 1. The van der Waals surface area contributed by atoms with E-state index in [0.717, 1.165) is 29.7 Å². The molecule has 0 radical (unpaired) electrons. The van der Waals surface area contributed by atoms with Crippen LogP contribution >= 0.6 is 15.9 Å². The van der Waals surface area contributed by atoms with Crippen LogP contribution < -0.4 is 10.1 Å². The quantitative estimate of drug-likeness (QED) is 0.895. The Morgan fingerprint density at radius 1 is 1.40 bits per heavy atom. The first-order chi connectivity index (χ1) is 9.63. The normalized spacial score (nSPS) is 22.4. The predicted octanol–water partition coefficient (Wildman–Crippen LogP) is 2.31. The Morgan fingerprint density at radius 2 is 2.20 bits per heavy atom. The third kappa shape index (κ3) is 3.15. The molecular formula is C15H19BrN2O2. The van der Waals surface area contributed by atoms with Crippen molar-refractivity contribution < 1.29 is 9.53 Å². The Labute approximate surface area is 127 Å². The molecule has 1 aliphatic heterocycles. The number of likely N-dealkylation sites (N-methyl/N-ethyl adjacent to an activating group) is 1. The summed E-state index contributed by atoms with van der Waals surface area (Å²) in [6, 6.07) is 6.77. The van der Waals surface area contributed by atoms with E-state index in [0.29, 0.717) is 6.04 Å². The van der Waals surface area contributed by atoms with Gasteiger partial charge in [-0.05, 0) is 46.5 Å². The summed E-state index contributed by atoms with van der Waals surface area (Å²) in [5.41, 5.74) is 1.23. The molecule has 2 aliphatic rings. The van der Waals surface area contributed by atoms with Gasteiger partial charge in [-0.15, -0.1) is 0 Å². The summed E-state index contributed by atoms with van der Waals surface area (Å²) in [4.78, 5) is 13.6. The Kier molecular flexibility index (Phi) is 3.98. The lowest BCUT2D eigenvalue weighted by Gasteiger charge is -2.15. The largest absolute Gasteiger partial charge is 0.479 e. The summed E-state index contributed by atoms with van der Waals surface area (Å²) in [5.74, 6) is 0.810. The number of benzene rings is 1. The highest BCUT2D eigenvalue weighted by Gasteiger charge is 2.31. The molecular weight excluding hydrogens is 320 g/mol. The Hall–Kier alpha value is -1.07. The third-order valence-electron chi connectivity index (χ3n) is 3.82. The first-order valence-electron chi connectivity index (χ1n) is 7.07. The zero-order valence-corrected chi connectivity index (χ0v) is 13.1. The summed E-state index contributed by atoms with van der Waals surface area (Å²) in [6.45, 7) is 1.65. The van der Waals surface area contributed by atoms with Crippen LogP contribution in [0.2, 0.25) is 0 Å². The van der Waals surface area contributed by atoms with Gasteiger partial charge in [0.1, 0.15) is 5.75 Å². The van der Waals surface area contributed by atoms with Gasteiger partial charge in [-0.2, -0.15) is 0 Å². The standard InChI is InChI=1S/C15H19BrN2O2/c1-18-7-6-14(15(18)19)20-13-5-2-10(8-12(13)16)9-17-11-3-4-11/h2,5,8,11,14,17H,3-4,6-7,9H2,1H3. The van der Waals surface area contributed by atoms with Gasteiger partial charge < -0.3 is 15.0 Å². The van der Waals surface area contributed by atoms with Crippen molar-refractivity contribution >= 4 is 21.8 Å². The molecule has 1 atom stereocenters. The topological polar surface area (TPSA) is 41.6 Å². The molecule has 2 fully saturated rings. The number of nitrogens with one attached hydrogen (secondary N) is 1. The number of carbonyl (C=O) groups excluding carboxylic acids is 1. The van der Waals surface area contributed by atoms with Crippen molar-refractivity contribution in [2.24, 2.45) is 0 Å². The van der Waals surface area contributed by atoms with E-state index in [-0.39, 0.29) is 12.0 Å². The molecule has 1 aliphatic carbocycles. The van der Waals surface area contributed by atoms with Crippen LogP contribution in [0.25, 0.3) is 0 Å². The van der Waals surface area contributed by atoms with Crippen LogP contribution in [0.4, 0.5) is 0 Å². The van der Waals surface area contributed by atoms with Crippen LogP contribution in [0.5, 0.6) is 5.75 Å². The van der Waals surface area contributed by atoms with E-state index in [1.54, 1.807) is 4.90 Å². The van der Waals surface area contributed by atoms with E-state index >= 15 is 0 Å². The number of nitrogens with zero attached hydrogens (tertiary/aromatic N) is 1. The summed E-state index contributed by atoms with van der Waals surface area (Å²) in [7, 11) is 1.81. The van der Waals surface area contributed by atoms with E-state index < -0.39 is 0 Å². The SMILES string of the molecule is CN1CCC(Oc2ccc(CNC3CC3)cc2Br)C1=O. The van der Waals surface area contributed by atoms with E-state index in [1.165, 1.54) is 18.4 Å². The number of halogens is 1. The molecule has 0 bridgehead atoms. The molecule has 1 heterocycles. The lowest BCUT2D eigenvalue weighted by Crippen LogP contribution is -2.29. The number of hydrogen-bond acceptors (Lipinski definition) is 3. The third-order valence-corrected chi connectivity index (χ3v) is 4.44. The molecule has 1 aromatic carbocycles. The number of hydrogen-bond donors (Lipinski definition) is 1. The first kappa shape index (κ1) is 13.9. The average molecular weight is 339 g/mol. The van der Waals surface area contributed by atoms with Gasteiger partial charge in [0.05, 0.1) is 4.47 Å². The minimum Gasteiger partial charge on any atom is -0.479 e. The van der Waals surface area contributed by atoms with Crippen molar-refractivity contribution in [1.29, 1.82) is 0 Å². The van der Waals surface area contributed by atoms with Gasteiger partial charge in [-0.1, -0.05) is 6.07 Å². The maximum atomic E-state index is 11.8. The van der Waals surface area contributed by atoms with E-state index in [4.69, 9.17) is 4.74 Å². The van der Waals surface area contributed by atoms with Crippen molar-refractivity contribution in [2.75, 3.05) is 13.6 Å². The van der Waals surface area contributed by atoms with Gasteiger partial charge in [-0.25, -0.2) is 0 Å². The molecule has 3 rings (SSSR count). The minimum absolute atomic E-state index is 0.0661. The molecule has 108 valence electrons. The summed E-state index contributed by atoms with van der Waals surface area (Å²) in [5, 5.41) is 3.48. The number of carbonyl (C=O) groups is 1. The highest BCUT2D eigenvalue weighted by molar-refractivity contribution is 9.10. The molecule has 1 saturated carbocycles. The van der Waals surface area contributed by atoms with Crippen molar-refractivity contribution in [3.8, 4) is 5.75 Å². The minimum atomic E-state index is -0.341. The highest BCUT2D eigenvalue weighted by Crippen LogP contribution is 2.29. The number of rotatable bonds is 5. The summed E-state index contributed by atoms with van der Waals surface area (Å²) >= 11 is 3.53. The highest BCUT2D eigenvalue weighted by atomic mass is 79.9. The zero-order chi connectivity index (χ0) is 14.1. The predicted molar refractivity (Wildman–Crippen MR) is 80.7 cm³/mol. The number of ether oxygens (including phenoxy) is 1. The summed E-state index contributed by atoms with van der Waals surface area (Å²) < 4.78 is 6.74. The Balaban J connectivity index is 1.62. The fourth-order valence-electron chi connectivity index (χ4n) is 2.35. The van der Waals surface area contributed by atoms with Crippen LogP contribution in [0, 0.1) is 0 Å². The summed E-state index contributed by atoms with van der Waals surface area (Å²) in [6.07, 6.45) is 3.00. The second kappa shape index (κ2) is 5.74. The fourth-order valence-corrected chi connectivity index (χ4v) is 2.87. The molecule has 4 nitrogen and oxygen atoms in total. The molecule has 1 amide bonds. The molecule has 20 heavy (non-hydrogen) atoms. The van der Waals surface area contributed by atoms with Gasteiger partial charge >= 0.3 is 0 Å². The first-order valence-corrected chi connectivity index (χ1v) is 7.86. The zero-order valence-electron chi connectivity index (χ0n) is 11.6. The van der Waals surface area contributed by atoms with Gasteiger partial charge in [0.15, 0.2) is 6.10 Å². The van der Waals surface area contributed by atoms with Crippen LogP contribution in [-0.2, 0) is 11.3 Å². The molecule has 1 unspecified atom stereocenters. The van der Waals surface area contributed by atoms with Crippen LogP contribution in [0.15, 0.2) is 22.7 Å². The molecule has 1 N–H and O–H groups in total. The van der Waals surface area contributed by atoms with Crippen LogP contribution in [0.1, 0.15) is 24.8 Å². The van der Waals surface area contributed by atoms with Gasteiger partial charge in [0.25, 0.3) is 5.91 Å². The maximum absolute atomic E-state index is 11.8. The maximum Gasteiger partial charge on any atom is 0.263 e. The van der Waals surface area contributed by atoms with Crippen molar-refractivity contribution in [3.05, 3.63) is 28.2 Å².